The van der Waals surface area contributed by atoms with Gasteiger partial charge in [-0.05, 0) is 6.07 Å². The van der Waals surface area contributed by atoms with Gasteiger partial charge in [0.25, 0.3) is 0 Å². The van der Waals surface area contributed by atoms with Gasteiger partial charge >= 0.3 is 0 Å². The third-order valence-corrected chi connectivity index (χ3v) is 3.51. The molecule has 62 valence electrons. The van der Waals surface area contributed by atoms with E-state index in [-0.39, 0.29) is 0 Å². The molecule has 0 unspecified atom stereocenters. The van der Waals surface area contributed by atoms with Gasteiger partial charge in [0, 0.05) is 21.9 Å². The minimum atomic E-state index is 0.700. The zero-order chi connectivity index (χ0) is 8.55. The third kappa shape index (κ3) is 1.16. The SMILES string of the molecule is ClNc1sc2ccccc2c1Cl. The van der Waals surface area contributed by atoms with Gasteiger partial charge in [0.15, 0.2) is 0 Å². The highest BCUT2D eigenvalue weighted by molar-refractivity contribution is 7.24. The average Bonchev–Trinajstić information content (AvgIpc) is 2.44. The van der Waals surface area contributed by atoms with Crippen LogP contribution in [0.25, 0.3) is 10.1 Å². The van der Waals surface area contributed by atoms with E-state index < -0.39 is 0 Å². The van der Waals surface area contributed by atoms with E-state index in [1.54, 1.807) is 11.3 Å². The Kier molecular flexibility index (Phi) is 2.13. The van der Waals surface area contributed by atoms with E-state index in [1.165, 1.54) is 0 Å². The summed E-state index contributed by atoms with van der Waals surface area (Å²) in [5.74, 6) is 0. The average molecular weight is 218 g/mol. The molecule has 1 nitrogen and oxygen atoms in total. The van der Waals surface area contributed by atoms with Crippen molar-refractivity contribution >= 4 is 49.8 Å². The van der Waals surface area contributed by atoms with Crippen molar-refractivity contribution in [1.82, 2.24) is 0 Å². The fourth-order valence-electron chi connectivity index (χ4n) is 1.07. The summed E-state index contributed by atoms with van der Waals surface area (Å²) >= 11 is 13.0. The molecule has 2 rings (SSSR count). The van der Waals surface area contributed by atoms with Crippen molar-refractivity contribution in [3.63, 3.8) is 0 Å². The van der Waals surface area contributed by atoms with Crippen LogP contribution < -0.4 is 4.84 Å². The molecule has 2 aromatic rings. The maximum atomic E-state index is 6.02. The van der Waals surface area contributed by atoms with E-state index in [9.17, 15) is 0 Å². The predicted octanol–water partition coefficient (Wildman–Crippen LogP) is 4.12. The lowest BCUT2D eigenvalue weighted by Gasteiger charge is -1.89. The topological polar surface area (TPSA) is 12.0 Å². The zero-order valence-corrected chi connectivity index (χ0v) is 8.30. The standard InChI is InChI=1S/C8H5Cl2NS/c9-7-5-3-1-2-4-6(5)12-8(7)11-10/h1-4,11H. The molecule has 12 heavy (non-hydrogen) atoms. The molecule has 0 fully saturated rings. The Hall–Kier alpha value is -0.440. The van der Waals surface area contributed by atoms with Gasteiger partial charge in [0.05, 0.1) is 5.02 Å². The van der Waals surface area contributed by atoms with Crippen LogP contribution in [-0.4, -0.2) is 0 Å². The molecule has 0 aliphatic heterocycles. The number of hydrogen-bond donors (Lipinski definition) is 1. The molecule has 0 saturated heterocycles. The van der Waals surface area contributed by atoms with Gasteiger partial charge in [0.2, 0.25) is 0 Å². The van der Waals surface area contributed by atoms with Crippen LogP contribution in [-0.2, 0) is 0 Å². The number of hydrogen-bond acceptors (Lipinski definition) is 2. The highest BCUT2D eigenvalue weighted by Gasteiger charge is 2.07. The number of halogens is 2. The van der Waals surface area contributed by atoms with Crippen molar-refractivity contribution in [3.05, 3.63) is 29.3 Å². The Morgan fingerprint density at radius 1 is 1.25 bits per heavy atom. The molecule has 0 atom stereocenters. The van der Waals surface area contributed by atoms with Crippen molar-refractivity contribution in [3.8, 4) is 0 Å². The van der Waals surface area contributed by atoms with Crippen LogP contribution in [0.1, 0.15) is 0 Å². The van der Waals surface area contributed by atoms with Gasteiger partial charge in [-0.3, -0.25) is 4.84 Å². The smallest absolute Gasteiger partial charge is 0.123 e. The van der Waals surface area contributed by atoms with Crippen molar-refractivity contribution in [2.75, 3.05) is 4.84 Å². The lowest BCUT2D eigenvalue weighted by Crippen LogP contribution is -1.71. The maximum Gasteiger partial charge on any atom is 0.123 e. The van der Waals surface area contributed by atoms with Gasteiger partial charge in [-0.1, -0.05) is 29.8 Å². The summed E-state index contributed by atoms with van der Waals surface area (Å²) < 4.78 is 1.14. The van der Waals surface area contributed by atoms with Crippen molar-refractivity contribution in [2.45, 2.75) is 0 Å². The summed E-state index contributed by atoms with van der Waals surface area (Å²) in [5, 5.41) is 2.55. The molecule has 0 saturated carbocycles. The highest BCUT2D eigenvalue weighted by Crippen LogP contribution is 2.39. The monoisotopic (exact) mass is 217 g/mol. The maximum absolute atomic E-state index is 6.02. The lowest BCUT2D eigenvalue weighted by atomic mass is 10.3. The van der Waals surface area contributed by atoms with Gasteiger partial charge < -0.3 is 0 Å². The molecule has 0 spiro atoms. The molecule has 1 heterocycles. The van der Waals surface area contributed by atoms with E-state index in [4.69, 9.17) is 23.4 Å². The minimum absolute atomic E-state index is 0.700. The largest absolute Gasteiger partial charge is 0.288 e. The van der Waals surface area contributed by atoms with Crippen LogP contribution >= 0.6 is 34.7 Å². The number of nitrogens with one attached hydrogen (secondary N) is 1. The Morgan fingerprint density at radius 3 is 2.67 bits per heavy atom. The van der Waals surface area contributed by atoms with Crippen LogP contribution in [0.3, 0.4) is 0 Å². The highest BCUT2D eigenvalue weighted by atomic mass is 35.5. The fraction of sp³-hybridized carbons (Fsp3) is 0. The minimum Gasteiger partial charge on any atom is -0.288 e. The Bertz CT molecular complexity index is 410. The van der Waals surface area contributed by atoms with E-state index in [2.05, 4.69) is 4.84 Å². The number of rotatable bonds is 1. The number of anilines is 1. The van der Waals surface area contributed by atoms with Crippen molar-refractivity contribution < 1.29 is 0 Å². The van der Waals surface area contributed by atoms with Crippen molar-refractivity contribution in [1.29, 1.82) is 0 Å². The first-order valence-corrected chi connectivity index (χ1v) is 4.94. The van der Waals surface area contributed by atoms with E-state index in [0.717, 1.165) is 15.1 Å². The molecule has 1 aromatic carbocycles. The van der Waals surface area contributed by atoms with Gasteiger partial charge in [-0.15, -0.1) is 11.3 Å². The molecule has 0 aliphatic carbocycles. The second-order valence-electron chi connectivity index (χ2n) is 2.34. The molecule has 0 aliphatic rings. The summed E-state index contributed by atoms with van der Waals surface area (Å²) in [6, 6.07) is 7.93. The van der Waals surface area contributed by atoms with Crippen molar-refractivity contribution in [2.24, 2.45) is 0 Å². The number of benzene rings is 1. The molecule has 0 amide bonds. The predicted molar refractivity (Wildman–Crippen MR) is 56.3 cm³/mol. The number of thiophene rings is 1. The summed E-state index contributed by atoms with van der Waals surface area (Å²) in [4.78, 5) is 2.54. The van der Waals surface area contributed by atoms with Crippen LogP contribution in [0.15, 0.2) is 24.3 Å². The first kappa shape index (κ1) is 8.17. The first-order valence-electron chi connectivity index (χ1n) is 3.36. The summed E-state index contributed by atoms with van der Waals surface area (Å²) in [5.41, 5.74) is 0. The quantitative estimate of drug-likeness (QED) is 0.710. The molecule has 4 heteroatoms. The summed E-state index contributed by atoms with van der Waals surface area (Å²) in [7, 11) is 0. The lowest BCUT2D eigenvalue weighted by molar-refractivity contribution is 1.85. The molecule has 1 N–H and O–H groups in total. The normalized spacial score (nSPS) is 10.5. The summed E-state index contributed by atoms with van der Waals surface area (Å²) in [6.45, 7) is 0. The van der Waals surface area contributed by atoms with E-state index in [1.807, 2.05) is 24.3 Å². The van der Waals surface area contributed by atoms with E-state index >= 15 is 0 Å². The first-order chi connectivity index (χ1) is 5.83. The fourth-order valence-corrected chi connectivity index (χ4v) is 2.60. The molecular formula is C8H5Cl2NS. The second-order valence-corrected chi connectivity index (χ2v) is 3.95. The van der Waals surface area contributed by atoms with Crippen LogP contribution in [0.2, 0.25) is 5.02 Å². The van der Waals surface area contributed by atoms with Gasteiger partial charge in [-0.25, -0.2) is 0 Å². The van der Waals surface area contributed by atoms with Gasteiger partial charge in [-0.2, -0.15) is 0 Å². The number of fused-ring (bicyclic) bond motifs is 1. The molecular weight excluding hydrogens is 213 g/mol. The van der Waals surface area contributed by atoms with Crippen LogP contribution in [0.5, 0.6) is 0 Å². The summed E-state index contributed by atoms with van der Waals surface area (Å²) in [6.07, 6.45) is 0. The Morgan fingerprint density at radius 2 is 2.00 bits per heavy atom. The van der Waals surface area contributed by atoms with Crippen LogP contribution in [0.4, 0.5) is 5.00 Å². The zero-order valence-electron chi connectivity index (χ0n) is 5.97. The van der Waals surface area contributed by atoms with Gasteiger partial charge in [0.1, 0.15) is 5.00 Å². The Labute approximate surface area is 84.0 Å². The second kappa shape index (κ2) is 3.13. The Balaban J connectivity index is 2.78. The molecule has 1 aromatic heterocycles. The third-order valence-electron chi connectivity index (χ3n) is 1.62. The molecule has 0 radical (unpaired) electrons. The van der Waals surface area contributed by atoms with Crippen LogP contribution in [0, 0.1) is 0 Å². The van der Waals surface area contributed by atoms with E-state index in [0.29, 0.717) is 5.02 Å². The molecule has 0 bridgehead atoms.